The van der Waals surface area contributed by atoms with Crippen LogP contribution in [0.25, 0.3) is 10.9 Å². The molecule has 1 amide bonds. The summed E-state index contributed by atoms with van der Waals surface area (Å²) in [6.45, 7) is 2.01. The number of benzene rings is 1. The fourth-order valence-corrected chi connectivity index (χ4v) is 3.45. The van der Waals surface area contributed by atoms with Crippen molar-refractivity contribution in [3.63, 3.8) is 0 Å². The number of carbonyl (C=O) groups excluding carboxylic acids is 1. The fourth-order valence-electron chi connectivity index (χ4n) is 3.45. The second kappa shape index (κ2) is 6.07. The Morgan fingerprint density at radius 1 is 1.21 bits per heavy atom. The number of nitrogens with zero attached hydrogens (tertiary/aromatic N) is 3. The molecule has 1 aliphatic carbocycles. The second-order valence-corrected chi connectivity index (χ2v) is 6.40. The Morgan fingerprint density at radius 3 is 2.83 bits per heavy atom. The van der Waals surface area contributed by atoms with E-state index in [1.807, 2.05) is 37.3 Å². The van der Waals surface area contributed by atoms with Gasteiger partial charge in [-0.3, -0.25) is 14.5 Å². The molecule has 4 rings (SSSR count). The average Bonchev–Trinajstić information content (AvgIpc) is 3.25. The molecule has 0 saturated heterocycles. The number of rotatable bonds is 3. The van der Waals surface area contributed by atoms with E-state index in [1.54, 1.807) is 12.4 Å². The topological polar surface area (TPSA) is 59.8 Å². The second-order valence-electron chi connectivity index (χ2n) is 6.40. The highest BCUT2D eigenvalue weighted by atomic mass is 16.1. The third-order valence-corrected chi connectivity index (χ3v) is 4.82. The standard InChI is InChI=1S/C19H20N4O/c1-13-18(12-21-23(13)16-7-3-4-8-16)22-19(24)15-10-14-6-2-5-9-17(14)20-11-15/h2,5-6,9-12,16H,3-4,7-8H2,1H3,(H,22,24). The van der Waals surface area contributed by atoms with Crippen molar-refractivity contribution < 1.29 is 4.79 Å². The average molecular weight is 320 g/mol. The van der Waals surface area contributed by atoms with Crippen LogP contribution in [0.2, 0.25) is 0 Å². The van der Waals surface area contributed by atoms with Crippen molar-refractivity contribution in [2.75, 3.05) is 5.32 Å². The number of aromatic nitrogens is 3. The van der Waals surface area contributed by atoms with Gasteiger partial charge in [0.15, 0.2) is 0 Å². The Balaban J connectivity index is 1.57. The maximum absolute atomic E-state index is 12.6. The van der Waals surface area contributed by atoms with E-state index in [2.05, 4.69) is 20.1 Å². The van der Waals surface area contributed by atoms with Crippen LogP contribution in [0.4, 0.5) is 5.69 Å². The van der Waals surface area contributed by atoms with Gasteiger partial charge in [0.2, 0.25) is 0 Å². The zero-order valence-electron chi connectivity index (χ0n) is 13.7. The molecule has 1 N–H and O–H groups in total. The van der Waals surface area contributed by atoms with Crippen molar-refractivity contribution in [1.82, 2.24) is 14.8 Å². The minimum Gasteiger partial charge on any atom is -0.319 e. The van der Waals surface area contributed by atoms with E-state index in [-0.39, 0.29) is 5.91 Å². The summed E-state index contributed by atoms with van der Waals surface area (Å²) in [6, 6.07) is 10.1. The Morgan fingerprint density at radius 2 is 2.00 bits per heavy atom. The van der Waals surface area contributed by atoms with Gasteiger partial charge in [0.1, 0.15) is 0 Å². The monoisotopic (exact) mass is 320 g/mol. The quantitative estimate of drug-likeness (QED) is 0.790. The SMILES string of the molecule is Cc1c(NC(=O)c2cnc3ccccc3c2)cnn1C1CCCC1. The zero-order chi connectivity index (χ0) is 16.5. The van der Waals surface area contributed by atoms with Gasteiger partial charge in [0.05, 0.1) is 34.7 Å². The fraction of sp³-hybridized carbons (Fsp3) is 0.316. The summed E-state index contributed by atoms with van der Waals surface area (Å²) in [5, 5.41) is 8.42. The molecule has 0 atom stereocenters. The van der Waals surface area contributed by atoms with Crippen LogP contribution >= 0.6 is 0 Å². The highest BCUT2D eigenvalue weighted by Crippen LogP contribution is 2.31. The first-order valence-electron chi connectivity index (χ1n) is 8.42. The van der Waals surface area contributed by atoms with Gasteiger partial charge in [-0.15, -0.1) is 0 Å². The third-order valence-electron chi connectivity index (χ3n) is 4.82. The molecule has 122 valence electrons. The molecule has 2 aromatic heterocycles. The van der Waals surface area contributed by atoms with Gasteiger partial charge in [-0.25, -0.2) is 0 Å². The molecule has 0 aliphatic heterocycles. The molecule has 5 nitrogen and oxygen atoms in total. The highest BCUT2D eigenvalue weighted by molar-refractivity contribution is 6.05. The molecule has 0 bridgehead atoms. The Bertz CT molecular complexity index is 893. The first-order chi connectivity index (χ1) is 11.7. The summed E-state index contributed by atoms with van der Waals surface area (Å²) in [6.07, 6.45) is 8.23. The molecule has 0 radical (unpaired) electrons. The van der Waals surface area contributed by atoms with Crippen molar-refractivity contribution in [1.29, 1.82) is 0 Å². The number of carbonyl (C=O) groups is 1. The van der Waals surface area contributed by atoms with Gasteiger partial charge in [-0.2, -0.15) is 5.10 Å². The lowest BCUT2D eigenvalue weighted by atomic mass is 10.1. The van der Waals surface area contributed by atoms with E-state index in [0.717, 1.165) is 22.3 Å². The molecule has 0 spiro atoms. The van der Waals surface area contributed by atoms with Crippen LogP contribution in [-0.2, 0) is 0 Å². The largest absolute Gasteiger partial charge is 0.319 e. The number of para-hydroxylation sites is 1. The summed E-state index contributed by atoms with van der Waals surface area (Å²) in [4.78, 5) is 16.9. The zero-order valence-corrected chi connectivity index (χ0v) is 13.7. The summed E-state index contributed by atoms with van der Waals surface area (Å²) in [5.74, 6) is -0.151. The molecule has 1 aromatic carbocycles. The van der Waals surface area contributed by atoms with Crippen LogP contribution in [0.15, 0.2) is 42.7 Å². The highest BCUT2D eigenvalue weighted by Gasteiger charge is 2.21. The Labute approximate surface area is 140 Å². The molecule has 0 unspecified atom stereocenters. The first-order valence-corrected chi connectivity index (χ1v) is 8.42. The molecule has 1 fully saturated rings. The number of hydrogen-bond donors (Lipinski definition) is 1. The summed E-state index contributed by atoms with van der Waals surface area (Å²) >= 11 is 0. The van der Waals surface area contributed by atoms with Crippen LogP contribution in [0.1, 0.15) is 47.8 Å². The number of pyridine rings is 1. The molecule has 1 aliphatic rings. The minimum atomic E-state index is -0.151. The lowest BCUT2D eigenvalue weighted by Crippen LogP contribution is -2.14. The number of hydrogen-bond acceptors (Lipinski definition) is 3. The molecule has 5 heteroatoms. The predicted molar refractivity (Wildman–Crippen MR) is 94.2 cm³/mol. The van der Waals surface area contributed by atoms with E-state index in [4.69, 9.17) is 0 Å². The van der Waals surface area contributed by atoms with Crippen molar-refractivity contribution in [3.05, 3.63) is 54.0 Å². The van der Waals surface area contributed by atoms with E-state index in [0.29, 0.717) is 11.6 Å². The number of fused-ring (bicyclic) bond motifs is 1. The molecular formula is C19H20N4O. The molecular weight excluding hydrogens is 300 g/mol. The summed E-state index contributed by atoms with van der Waals surface area (Å²) in [7, 11) is 0. The van der Waals surface area contributed by atoms with E-state index in [9.17, 15) is 4.79 Å². The van der Waals surface area contributed by atoms with E-state index >= 15 is 0 Å². The lowest BCUT2D eigenvalue weighted by Gasteiger charge is -2.12. The van der Waals surface area contributed by atoms with Gasteiger partial charge < -0.3 is 5.32 Å². The first kappa shape index (κ1) is 14.9. The molecule has 2 heterocycles. The van der Waals surface area contributed by atoms with Crippen molar-refractivity contribution in [2.24, 2.45) is 0 Å². The minimum absolute atomic E-state index is 0.151. The normalized spacial score (nSPS) is 15.0. The number of nitrogens with one attached hydrogen (secondary N) is 1. The number of amides is 1. The van der Waals surface area contributed by atoms with Crippen LogP contribution in [0, 0.1) is 6.92 Å². The van der Waals surface area contributed by atoms with Crippen molar-refractivity contribution >= 4 is 22.5 Å². The number of anilines is 1. The van der Waals surface area contributed by atoms with Crippen LogP contribution in [0.5, 0.6) is 0 Å². The van der Waals surface area contributed by atoms with Gasteiger partial charge >= 0.3 is 0 Å². The van der Waals surface area contributed by atoms with Crippen molar-refractivity contribution in [2.45, 2.75) is 38.6 Å². The van der Waals surface area contributed by atoms with Gasteiger partial charge in [-0.1, -0.05) is 31.0 Å². The van der Waals surface area contributed by atoms with E-state index < -0.39 is 0 Å². The van der Waals surface area contributed by atoms with Gasteiger partial charge in [0.25, 0.3) is 5.91 Å². The maximum atomic E-state index is 12.6. The molecule has 3 aromatic rings. The summed E-state index contributed by atoms with van der Waals surface area (Å²) in [5.41, 5.74) is 3.24. The van der Waals surface area contributed by atoms with Gasteiger partial charge in [0, 0.05) is 11.6 Å². The van der Waals surface area contributed by atoms with Gasteiger partial charge in [-0.05, 0) is 31.9 Å². The Kier molecular flexibility index (Phi) is 3.76. The van der Waals surface area contributed by atoms with Crippen LogP contribution in [-0.4, -0.2) is 20.7 Å². The lowest BCUT2D eigenvalue weighted by molar-refractivity contribution is 0.102. The molecule has 24 heavy (non-hydrogen) atoms. The molecule has 1 saturated carbocycles. The third kappa shape index (κ3) is 2.66. The van der Waals surface area contributed by atoms with Crippen LogP contribution in [0.3, 0.4) is 0 Å². The Hall–Kier alpha value is -2.69. The maximum Gasteiger partial charge on any atom is 0.257 e. The van der Waals surface area contributed by atoms with Crippen LogP contribution < -0.4 is 5.32 Å². The smallest absolute Gasteiger partial charge is 0.257 e. The van der Waals surface area contributed by atoms with Crippen molar-refractivity contribution in [3.8, 4) is 0 Å². The predicted octanol–water partition coefficient (Wildman–Crippen LogP) is 4.11. The van der Waals surface area contributed by atoms with E-state index in [1.165, 1.54) is 25.7 Å². The summed E-state index contributed by atoms with van der Waals surface area (Å²) < 4.78 is 2.06.